The van der Waals surface area contributed by atoms with Gasteiger partial charge in [-0.05, 0) is 48.4 Å². The fourth-order valence-electron chi connectivity index (χ4n) is 2.93. The van der Waals surface area contributed by atoms with Gasteiger partial charge in [0.25, 0.3) is 0 Å². The third-order valence-corrected chi connectivity index (χ3v) is 3.82. The molecule has 3 rings (SSSR count). The SMILES string of the molecule is Cc1ccc2c(c1)CC(C)c1cc(C)ccc1-2. The molecule has 2 aromatic carbocycles. The number of fused-ring (bicyclic) bond motifs is 3. The second-order valence-corrected chi connectivity index (χ2v) is 5.36. The smallest absolute Gasteiger partial charge is 0.0143 e. The lowest BCUT2D eigenvalue weighted by atomic mass is 9.78. The van der Waals surface area contributed by atoms with Gasteiger partial charge in [0.1, 0.15) is 0 Å². The van der Waals surface area contributed by atoms with Gasteiger partial charge in [-0.1, -0.05) is 54.4 Å². The van der Waals surface area contributed by atoms with Gasteiger partial charge in [-0.2, -0.15) is 0 Å². The summed E-state index contributed by atoms with van der Waals surface area (Å²) in [5, 5.41) is 0. The number of aryl methyl sites for hydroxylation is 2. The Morgan fingerprint density at radius 2 is 1.53 bits per heavy atom. The monoisotopic (exact) mass is 222 g/mol. The summed E-state index contributed by atoms with van der Waals surface area (Å²) in [6, 6.07) is 13.7. The molecule has 1 atom stereocenters. The Kier molecular flexibility index (Phi) is 2.32. The van der Waals surface area contributed by atoms with E-state index in [9.17, 15) is 0 Å². The lowest BCUT2D eigenvalue weighted by Crippen LogP contribution is -2.09. The van der Waals surface area contributed by atoms with Crippen molar-refractivity contribution in [2.75, 3.05) is 0 Å². The second kappa shape index (κ2) is 3.73. The van der Waals surface area contributed by atoms with Crippen LogP contribution in [0.1, 0.15) is 35.1 Å². The van der Waals surface area contributed by atoms with Crippen LogP contribution in [0.3, 0.4) is 0 Å². The predicted octanol–water partition coefficient (Wildman–Crippen LogP) is 4.63. The van der Waals surface area contributed by atoms with Crippen LogP contribution in [-0.4, -0.2) is 0 Å². The van der Waals surface area contributed by atoms with E-state index in [0.717, 1.165) is 0 Å². The van der Waals surface area contributed by atoms with E-state index in [1.165, 1.54) is 39.8 Å². The minimum absolute atomic E-state index is 0.638. The van der Waals surface area contributed by atoms with Crippen molar-refractivity contribution in [2.45, 2.75) is 33.1 Å². The standard InChI is InChI=1S/C17H18/c1-11-4-6-15-14(8-11)10-13(3)17-9-12(2)5-7-16(15)17/h4-9,13H,10H2,1-3H3. The molecule has 1 aliphatic carbocycles. The van der Waals surface area contributed by atoms with Crippen LogP contribution in [0.4, 0.5) is 0 Å². The van der Waals surface area contributed by atoms with Gasteiger partial charge >= 0.3 is 0 Å². The van der Waals surface area contributed by atoms with Crippen LogP contribution in [0.2, 0.25) is 0 Å². The van der Waals surface area contributed by atoms with Crippen molar-refractivity contribution in [1.82, 2.24) is 0 Å². The number of benzene rings is 2. The first-order chi connectivity index (χ1) is 8.15. The van der Waals surface area contributed by atoms with Gasteiger partial charge in [0.15, 0.2) is 0 Å². The molecule has 0 fully saturated rings. The maximum absolute atomic E-state index is 2.35. The molecule has 0 amide bonds. The Morgan fingerprint density at radius 1 is 0.882 bits per heavy atom. The van der Waals surface area contributed by atoms with Gasteiger partial charge in [0.05, 0.1) is 0 Å². The first kappa shape index (κ1) is 10.6. The molecule has 0 radical (unpaired) electrons. The average molecular weight is 222 g/mol. The van der Waals surface area contributed by atoms with E-state index in [1.807, 2.05) is 0 Å². The molecular formula is C17H18. The van der Waals surface area contributed by atoms with Crippen molar-refractivity contribution in [3.05, 3.63) is 58.7 Å². The van der Waals surface area contributed by atoms with Crippen molar-refractivity contribution in [1.29, 1.82) is 0 Å². The Hall–Kier alpha value is -1.56. The average Bonchev–Trinajstić information content (AvgIpc) is 2.29. The lowest BCUT2D eigenvalue weighted by molar-refractivity contribution is 0.747. The molecule has 0 nitrogen and oxygen atoms in total. The van der Waals surface area contributed by atoms with Gasteiger partial charge in [-0.25, -0.2) is 0 Å². The zero-order chi connectivity index (χ0) is 12.0. The van der Waals surface area contributed by atoms with Gasteiger partial charge < -0.3 is 0 Å². The molecule has 0 aliphatic heterocycles. The summed E-state index contributed by atoms with van der Waals surface area (Å²) in [7, 11) is 0. The summed E-state index contributed by atoms with van der Waals surface area (Å²) in [6.45, 7) is 6.69. The zero-order valence-corrected chi connectivity index (χ0v) is 10.7. The molecule has 0 N–H and O–H groups in total. The second-order valence-electron chi connectivity index (χ2n) is 5.36. The Morgan fingerprint density at radius 3 is 2.29 bits per heavy atom. The quantitative estimate of drug-likeness (QED) is 0.609. The van der Waals surface area contributed by atoms with E-state index in [1.54, 1.807) is 0 Å². The maximum atomic E-state index is 2.35. The van der Waals surface area contributed by atoms with Crippen LogP contribution in [0.25, 0.3) is 11.1 Å². The zero-order valence-electron chi connectivity index (χ0n) is 10.7. The molecule has 86 valence electrons. The molecule has 0 bridgehead atoms. The summed E-state index contributed by atoms with van der Waals surface area (Å²) in [6.07, 6.45) is 1.17. The summed E-state index contributed by atoms with van der Waals surface area (Å²) >= 11 is 0. The highest BCUT2D eigenvalue weighted by Crippen LogP contribution is 2.39. The minimum atomic E-state index is 0.638. The summed E-state index contributed by atoms with van der Waals surface area (Å²) < 4.78 is 0. The van der Waals surface area contributed by atoms with E-state index < -0.39 is 0 Å². The minimum Gasteiger partial charge on any atom is -0.0587 e. The normalized spacial score (nSPS) is 17.5. The molecule has 0 aromatic heterocycles. The Bertz CT molecular complexity index is 579. The van der Waals surface area contributed by atoms with Crippen LogP contribution in [-0.2, 0) is 6.42 Å². The molecule has 0 heteroatoms. The fourth-order valence-corrected chi connectivity index (χ4v) is 2.93. The van der Waals surface area contributed by atoms with Crippen LogP contribution < -0.4 is 0 Å². The fraction of sp³-hybridized carbons (Fsp3) is 0.294. The molecule has 1 unspecified atom stereocenters. The van der Waals surface area contributed by atoms with Gasteiger partial charge in [0, 0.05) is 0 Å². The number of rotatable bonds is 0. The van der Waals surface area contributed by atoms with Crippen molar-refractivity contribution in [3.8, 4) is 11.1 Å². The van der Waals surface area contributed by atoms with Gasteiger partial charge in [-0.3, -0.25) is 0 Å². The van der Waals surface area contributed by atoms with Crippen LogP contribution in [0.15, 0.2) is 36.4 Å². The maximum Gasteiger partial charge on any atom is -0.0143 e. The highest BCUT2D eigenvalue weighted by atomic mass is 14.2. The lowest BCUT2D eigenvalue weighted by Gasteiger charge is -2.26. The predicted molar refractivity (Wildman–Crippen MR) is 73.5 cm³/mol. The molecule has 0 heterocycles. The largest absolute Gasteiger partial charge is 0.0587 e. The van der Waals surface area contributed by atoms with Crippen molar-refractivity contribution in [2.24, 2.45) is 0 Å². The first-order valence-corrected chi connectivity index (χ1v) is 6.35. The van der Waals surface area contributed by atoms with Crippen molar-refractivity contribution < 1.29 is 0 Å². The van der Waals surface area contributed by atoms with E-state index in [-0.39, 0.29) is 0 Å². The summed E-state index contributed by atoms with van der Waals surface area (Å²) in [4.78, 5) is 0. The van der Waals surface area contributed by atoms with Crippen molar-refractivity contribution >= 4 is 0 Å². The first-order valence-electron chi connectivity index (χ1n) is 6.35. The van der Waals surface area contributed by atoms with Crippen LogP contribution in [0, 0.1) is 13.8 Å². The molecule has 2 aromatic rings. The highest BCUT2D eigenvalue weighted by Gasteiger charge is 2.21. The molecule has 1 aliphatic rings. The topological polar surface area (TPSA) is 0 Å². The van der Waals surface area contributed by atoms with Gasteiger partial charge in [-0.15, -0.1) is 0 Å². The van der Waals surface area contributed by atoms with Crippen molar-refractivity contribution in [3.63, 3.8) is 0 Å². The summed E-state index contributed by atoms with van der Waals surface area (Å²) in [5.74, 6) is 0.638. The summed E-state index contributed by atoms with van der Waals surface area (Å²) in [5.41, 5.74) is 8.63. The number of hydrogen-bond donors (Lipinski definition) is 0. The van der Waals surface area contributed by atoms with E-state index in [4.69, 9.17) is 0 Å². The number of hydrogen-bond acceptors (Lipinski definition) is 0. The van der Waals surface area contributed by atoms with Crippen LogP contribution in [0.5, 0.6) is 0 Å². The van der Waals surface area contributed by atoms with E-state index in [0.29, 0.717) is 5.92 Å². The third kappa shape index (κ3) is 1.68. The van der Waals surface area contributed by atoms with E-state index >= 15 is 0 Å². The molecule has 0 saturated carbocycles. The molecule has 0 saturated heterocycles. The molecular weight excluding hydrogens is 204 g/mol. The van der Waals surface area contributed by atoms with E-state index in [2.05, 4.69) is 57.2 Å². The molecule has 0 spiro atoms. The van der Waals surface area contributed by atoms with Gasteiger partial charge in [0.2, 0.25) is 0 Å². The highest BCUT2D eigenvalue weighted by molar-refractivity contribution is 5.74. The third-order valence-electron chi connectivity index (χ3n) is 3.82. The van der Waals surface area contributed by atoms with Crippen LogP contribution >= 0.6 is 0 Å². The molecule has 17 heavy (non-hydrogen) atoms. The Labute approximate surface area is 103 Å². The Balaban J connectivity index is 2.26.